The molecule has 0 aliphatic carbocycles. The van der Waals surface area contributed by atoms with Crippen molar-refractivity contribution in [2.24, 2.45) is 0 Å². The maximum Gasteiger partial charge on any atom is 0.241 e. The standard InChI is InChI=1S/C17H26N2O/c1-5-9-14(6-2)19-16(18-13(4)17(19)20)15-11-8-7-10-12(15)3/h7-8,10-11,13-14,16,18H,5-6,9H2,1-4H3. The smallest absolute Gasteiger partial charge is 0.241 e. The van der Waals surface area contributed by atoms with Gasteiger partial charge in [-0.15, -0.1) is 0 Å². The molecule has 0 spiro atoms. The number of rotatable bonds is 5. The molecule has 1 N–H and O–H groups in total. The van der Waals surface area contributed by atoms with Crippen LogP contribution in [0, 0.1) is 6.92 Å². The highest BCUT2D eigenvalue weighted by atomic mass is 16.2. The fraction of sp³-hybridized carbons (Fsp3) is 0.588. The lowest BCUT2D eigenvalue weighted by Crippen LogP contribution is -2.39. The van der Waals surface area contributed by atoms with Crippen LogP contribution in [0.2, 0.25) is 0 Å². The Balaban J connectivity index is 2.35. The van der Waals surface area contributed by atoms with Gasteiger partial charge in [-0.2, -0.15) is 0 Å². The molecule has 1 saturated heterocycles. The monoisotopic (exact) mass is 274 g/mol. The third-order valence-electron chi connectivity index (χ3n) is 4.28. The summed E-state index contributed by atoms with van der Waals surface area (Å²) >= 11 is 0. The second kappa shape index (κ2) is 6.40. The zero-order valence-electron chi connectivity index (χ0n) is 13.0. The van der Waals surface area contributed by atoms with Gasteiger partial charge in [0, 0.05) is 6.04 Å². The molecule has 1 heterocycles. The number of nitrogens with one attached hydrogen (secondary N) is 1. The van der Waals surface area contributed by atoms with Crippen molar-refractivity contribution in [1.29, 1.82) is 0 Å². The minimum atomic E-state index is -0.0921. The topological polar surface area (TPSA) is 32.3 Å². The molecule has 3 atom stereocenters. The van der Waals surface area contributed by atoms with Crippen molar-refractivity contribution in [3.8, 4) is 0 Å². The number of nitrogens with zero attached hydrogens (tertiary/aromatic N) is 1. The molecule has 3 nitrogen and oxygen atoms in total. The molecule has 1 aromatic rings. The largest absolute Gasteiger partial charge is 0.319 e. The van der Waals surface area contributed by atoms with Gasteiger partial charge >= 0.3 is 0 Å². The summed E-state index contributed by atoms with van der Waals surface area (Å²) in [5.74, 6) is 0.235. The molecule has 3 heteroatoms. The maximum atomic E-state index is 12.5. The third-order valence-corrected chi connectivity index (χ3v) is 4.28. The molecule has 1 fully saturated rings. The third kappa shape index (κ3) is 2.73. The fourth-order valence-corrected chi connectivity index (χ4v) is 3.14. The van der Waals surface area contributed by atoms with E-state index in [1.165, 1.54) is 11.1 Å². The van der Waals surface area contributed by atoms with E-state index in [0.717, 1.165) is 19.3 Å². The van der Waals surface area contributed by atoms with Crippen LogP contribution in [0.25, 0.3) is 0 Å². The quantitative estimate of drug-likeness (QED) is 0.892. The Bertz CT molecular complexity index is 472. The first kappa shape index (κ1) is 15.0. The molecular formula is C17H26N2O. The predicted molar refractivity (Wildman–Crippen MR) is 82.4 cm³/mol. The van der Waals surface area contributed by atoms with E-state index in [1.54, 1.807) is 0 Å². The first-order valence-electron chi connectivity index (χ1n) is 7.73. The lowest BCUT2D eigenvalue weighted by atomic mass is 10.0. The first-order chi connectivity index (χ1) is 9.60. The molecule has 1 amide bonds. The molecule has 0 bridgehead atoms. The van der Waals surface area contributed by atoms with Crippen molar-refractivity contribution in [3.63, 3.8) is 0 Å². The van der Waals surface area contributed by atoms with Gasteiger partial charge in [-0.25, -0.2) is 0 Å². The van der Waals surface area contributed by atoms with E-state index in [1.807, 2.05) is 13.0 Å². The SMILES string of the molecule is CCCC(CC)N1C(=O)C(C)NC1c1ccccc1C. The molecule has 0 aromatic heterocycles. The molecule has 0 saturated carbocycles. The fourth-order valence-electron chi connectivity index (χ4n) is 3.14. The molecule has 20 heavy (non-hydrogen) atoms. The van der Waals surface area contributed by atoms with Crippen LogP contribution >= 0.6 is 0 Å². The Morgan fingerprint density at radius 3 is 2.60 bits per heavy atom. The molecule has 2 rings (SSSR count). The number of aryl methyl sites for hydroxylation is 1. The summed E-state index contributed by atoms with van der Waals surface area (Å²) < 4.78 is 0. The second-order valence-electron chi connectivity index (χ2n) is 5.74. The molecule has 0 radical (unpaired) electrons. The van der Waals surface area contributed by atoms with Crippen LogP contribution in [-0.4, -0.2) is 22.9 Å². The highest BCUT2D eigenvalue weighted by Crippen LogP contribution is 2.31. The summed E-state index contributed by atoms with van der Waals surface area (Å²) in [6.45, 7) is 8.43. The van der Waals surface area contributed by atoms with Gasteiger partial charge in [0.25, 0.3) is 0 Å². The molecule has 1 aromatic carbocycles. The molecule has 1 aliphatic heterocycles. The maximum absolute atomic E-state index is 12.5. The van der Waals surface area contributed by atoms with E-state index in [9.17, 15) is 4.79 Å². The van der Waals surface area contributed by atoms with Gasteiger partial charge in [-0.05, 0) is 37.8 Å². The summed E-state index contributed by atoms with van der Waals surface area (Å²) in [6.07, 6.45) is 3.21. The second-order valence-corrected chi connectivity index (χ2v) is 5.74. The van der Waals surface area contributed by atoms with Gasteiger partial charge in [0.2, 0.25) is 5.91 Å². The van der Waals surface area contributed by atoms with Crippen LogP contribution in [0.4, 0.5) is 0 Å². The van der Waals surface area contributed by atoms with Crippen LogP contribution < -0.4 is 5.32 Å². The predicted octanol–water partition coefficient (Wildman–Crippen LogP) is 3.39. The summed E-state index contributed by atoms with van der Waals surface area (Å²) in [5, 5.41) is 3.46. The van der Waals surface area contributed by atoms with Crippen molar-refractivity contribution in [2.75, 3.05) is 0 Å². The average Bonchev–Trinajstić information content (AvgIpc) is 2.73. The molecule has 110 valence electrons. The zero-order chi connectivity index (χ0) is 14.7. The van der Waals surface area contributed by atoms with Gasteiger partial charge in [-0.3, -0.25) is 10.1 Å². The lowest BCUT2D eigenvalue weighted by molar-refractivity contribution is -0.132. The summed E-state index contributed by atoms with van der Waals surface area (Å²) in [7, 11) is 0. The number of hydrogen-bond donors (Lipinski definition) is 1. The van der Waals surface area contributed by atoms with E-state index in [0.29, 0.717) is 6.04 Å². The number of amides is 1. The van der Waals surface area contributed by atoms with Crippen molar-refractivity contribution >= 4 is 5.91 Å². The highest BCUT2D eigenvalue weighted by molar-refractivity contribution is 5.84. The Morgan fingerprint density at radius 1 is 1.30 bits per heavy atom. The number of hydrogen-bond acceptors (Lipinski definition) is 2. The lowest BCUT2D eigenvalue weighted by Gasteiger charge is -2.33. The Morgan fingerprint density at radius 2 is 2.00 bits per heavy atom. The molecular weight excluding hydrogens is 248 g/mol. The van der Waals surface area contributed by atoms with Gasteiger partial charge in [0.05, 0.1) is 6.04 Å². The summed E-state index contributed by atoms with van der Waals surface area (Å²) in [4.78, 5) is 14.6. The van der Waals surface area contributed by atoms with E-state index >= 15 is 0 Å². The van der Waals surface area contributed by atoms with Crippen LogP contribution in [0.3, 0.4) is 0 Å². The van der Waals surface area contributed by atoms with E-state index in [-0.39, 0.29) is 18.1 Å². The number of carbonyl (C=O) groups is 1. The number of benzene rings is 1. The van der Waals surface area contributed by atoms with Crippen LogP contribution in [0.1, 0.15) is 57.3 Å². The van der Waals surface area contributed by atoms with Crippen molar-refractivity contribution in [1.82, 2.24) is 10.2 Å². The average molecular weight is 274 g/mol. The van der Waals surface area contributed by atoms with Crippen molar-refractivity contribution in [3.05, 3.63) is 35.4 Å². The van der Waals surface area contributed by atoms with Gasteiger partial charge in [0.15, 0.2) is 0 Å². The van der Waals surface area contributed by atoms with Crippen LogP contribution in [0.15, 0.2) is 24.3 Å². The highest BCUT2D eigenvalue weighted by Gasteiger charge is 2.40. The van der Waals surface area contributed by atoms with Crippen molar-refractivity contribution in [2.45, 2.75) is 65.2 Å². The Labute approximate surface area is 122 Å². The van der Waals surface area contributed by atoms with E-state index in [2.05, 4.69) is 49.2 Å². The van der Waals surface area contributed by atoms with Crippen molar-refractivity contribution < 1.29 is 4.79 Å². The normalized spacial score (nSPS) is 24.2. The minimum absolute atomic E-state index is 0.0233. The molecule has 1 aliphatic rings. The Kier molecular flexibility index (Phi) is 4.81. The minimum Gasteiger partial charge on any atom is -0.319 e. The van der Waals surface area contributed by atoms with Gasteiger partial charge in [-0.1, -0.05) is 44.5 Å². The van der Waals surface area contributed by atoms with E-state index in [4.69, 9.17) is 0 Å². The number of carbonyl (C=O) groups excluding carboxylic acids is 1. The molecule has 3 unspecified atom stereocenters. The first-order valence-corrected chi connectivity index (χ1v) is 7.73. The van der Waals surface area contributed by atoms with Crippen LogP contribution in [0.5, 0.6) is 0 Å². The van der Waals surface area contributed by atoms with Crippen LogP contribution in [-0.2, 0) is 4.79 Å². The summed E-state index contributed by atoms with van der Waals surface area (Å²) in [5.41, 5.74) is 2.46. The van der Waals surface area contributed by atoms with Gasteiger partial charge < -0.3 is 4.90 Å². The Hall–Kier alpha value is -1.35. The van der Waals surface area contributed by atoms with E-state index < -0.39 is 0 Å². The summed E-state index contributed by atoms with van der Waals surface area (Å²) in [6, 6.07) is 8.58. The van der Waals surface area contributed by atoms with Gasteiger partial charge in [0.1, 0.15) is 6.17 Å². The zero-order valence-corrected chi connectivity index (χ0v) is 13.0.